The average Bonchev–Trinajstić information content (AvgIpc) is 2.96. The third-order valence-corrected chi connectivity index (χ3v) is 4.03. The van der Waals surface area contributed by atoms with Crippen LogP contribution in [0.25, 0.3) is 0 Å². The lowest BCUT2D eigenvalue weighted by Gasteiger charge is -2.02. The largest absolute Gasteiger partial charge is 0.323 e. The van der Waals surface area contributed by atoms with Crippen LogP contribution >= 0.6 is 11.8 Å². The van der Waals surface area contributed by atoms with Gasteiger partial charge < -0.3 is 5.32 Å². The van der Waals surface area contributed by atoms with Crippen molar-refractivity contribution >= 4 is 23.4 Å². The summed E-state index contributed by atoms with van der Waals surface area (Å²) < 4.78 is 26.0. The quantitative estimate of drug-likeness (QED) is 0.679. The molecule has 0 fully saturated rings. The van der Waals surface area contributed by atoms with Crippen LogP contribution in [0.1, 0.15) is 11.1 Å². The van der Waals surface area contributed by atoms with Crippen LogP contribution in [0, 0.1) is 18.6 Å². The number of thioether (sulfide) groups is 1. The van der Waals surface area contributed by atoms with E-state index in [0.29, 0.717) is 22.4 Å². The molecule has 2 N–H and O–H groups in total. The number of hydrogen-bond acceptors (Lipinski definition) is 4. The van der Waals surface area contributed by atoms with E-state index in [1.807, 2.05) is 31.2 Å². The van der Waals surface area contributed by atoms with E-state index in [-0.39, 0.29) is 0 Å². The predicted octanol–water partition coefficient (Wildman–Crippen LogP) is 4.43. The molecule has 1 heterocycles. The normalized spacial score (nSPS) is 10.7. The van der Waals surface area contributed by atoms with Crippen molar-refractivity contribution in [3.8, 4) is 0 Å². The van der Waals surface area contributed by atoms with Gasteiger partial charge in [0, 0.05) is 11.4 Å². The zero-order valence-electron chi connectivity index (χ0n) is 12.3. The van der Waals surface area contributed by atoms with Gasteiger partial charge in [-0.05, 0) is 42.3 Å². The van der Waals surface area contributed by atoms with Crippen molar-refractivity contribution in [2.24, 2.45) is 0 Å². The lowest BCUT2D eigenvalue weighted by molar-refractivity contribution is 0.507. The minimum Gasteiger partial charge on any atom is -0.323 e. The van der Waals surface area contributed by atoms with E-state index >= 15 is 0 Å². The number of H-pyrrole nitrogens is 1. The van der Waals surface area contributed by atoms with E-state index in [0.717, 1.165) is 17.3 Å². The zero-order chi connectivity index (χ0) is 16.2. The number of aromatic amines is 1. The molecule has 0 atom stereocenters. The molecule has 0 saturated carbocycles. The lowest BCUT2D eigenvalue weighted by atomic mass is 10.2. The summed E-state index contributed by atoms with van der Waals surface area (Å²) in [5.41, 5.74) is 2.72. The number of nitrogens with zero attached hydrogens (tertiary/aromatic N) is 2. The Labute approximate surface area is 136 Å². The fraction of sp³-hybridized carbons (Fsp3) is 0.125. The van der Waals surface area contributed by atoms with Gasteiger partial charge in [-0.1, -0.05) is 30.0 Å². The summed E-state index contributed by atoms with van der Waals surface area (Å²) in [6.07, 6.45) is 0. The fourth-order valence-electron chi connectivity index (χ4n) is 2.00. The molecule has 0 spiro atoms. The van der Waals surface area contributed by atoms with Crippen molar-refractivity contribution in [2.75, 3.05) is 5.32 Å². The molecule has 1 aromatic heterocycles. The van der Waals surface area contributed by atoms with Crippen LogP contribution in [0.2, 0.25) is 0 Å². The number of anilines is 2. The summed E-state index contributed by atoms with van der Waals surface area (Å²) >= 11 is 1.36. The Morgan fingerprint density at radius 2 is 2.00 bits per heavy atom. The highest BCUT2D eigenvalue weighted by Crippen LogP contribution is 2.22. The fourth-order valence-corrected chi connectivity index (χ4v) is 2.74. The molecule has 0 aliphatic rings. The molecule has 0 aliphatic heterocycles. The first-order valence-electron chi connectivity index (χ1n) is 6.93. The highest BCUT2D eigenvalue weighted by Gasteiger charge is 2.07. The van der Waals surface area contributed by atoms with Gasteiger partial charge >= 0.3 is 0 Å². The van der Waals surface area contributed by atoms with Crippen LogP contribution in [-0.4, -0.2) is 15.2 Å². The maximum absolute atomic E-state index is 13.2. The van der Waals surface area contributed by atoms with Crippen molar-refractivity contribution in [3.05, 3.63) is 65.2 Å². The zero-order valence-corrected chi connectivity index (χ0v) is 13.1. The summed E-state index contributed by atoms with van der Waals surface area (Å²) in [5.74, 6) is -0.759. The molecule has 3 aromatic rings. The van der Waals surface area contributed by atoms with Crippen molar-refractivity contribution in [1.82, 2.24) is 15.2 Å². The van der Waals surface area contributed by atoms with E-state index in [9.17, 15) is 8.78 Å². The predicted molar refractivity (Wildman–Crippen MR) is 86.8 cm³/mol. The SMILES string of the molecule is Cc1cccc(Nc2n[nH]c(SCc3ccc(F)c(F)c3)n2)c1. The second-order valence-corrected chi connectivity index (χ2v) is 5.96. The summed E-state index contributed by atoms with van der Waals surface area (Å²) in [4.78, 5) is 4.31. The first-order chi connectivity index (χ1) is 11.1. The molecule has 0 amide bonds. The van der Waals surface area contributed by atoms with Crippen molar-refractivity contribution in [1.29, 1.82) is 0 Å². The molecule has 118 valence electrons. The molecule has 3 rings (SSSR count). The highest BCUT2D eigenvalue weighted by molar-refractivity contribution is 7.98. The topological polar surface area (TPSA) is 53.6 Å². The van der Waals surface area contributed by atoms with Crippen LogP contribution in [0.15, 0.2) is 47.6 Å². The third kappa shape index (κ3) is 4.07. The van der Waals surface area contributed by atoms with Crippen LogP contribution in [0.4, 0.5) is 20.4 Å². The standard InChI is InChI=1S/C16H14F2N4S/c1-10-3-2-4-12(7-10)19-15-20-16(22-21-15)23-9-11-5-6-13(17)14(18)8-11/h2-8H,9H2,1H3,(H2,19,20,21,22). The first-order valence-corrected chi connectivity index (χ1v) is 7.91. The Morgan fingerprint density at radius 3 is 2.78 bits per heavy atom. The van der Waals surface area contributed by atoms with Gasteiger partial charge in [0.05, 0.1) is 0 Å². The number of hydrogen-bond donors (Lipinski definition) is 2. The molecule has 0 aliphatic carbocycles. The molecule has 0 radical (unpaired) electrons. The number of rotatable bonds is 5. The van der Waals surface area contributed by atoms with Crippen molar-refractivity contribution in [3.63, 3.8) is 0 Å². The smallest absolute Gasteiger partial charge is 0.247 e. The van der Waals surface area contributed by atoms with Gasteiger partial charge in [-0.15, -0.1) is 5.10 Å². The van der Waals surface area contributed by atoms with Crippen LogP contribution in [0.5, 0.6) is 0 Å². The van der Waals surface area contributed by atoms with Gasteiger partial charge in [0.15, 0.2) is 16.8 Å². The number of aromatic nitrogens is 3. The Morgan fingerprint density at radius 1 is 1.13 bits per heavy atom. The maximum Gasteiger partial charge on any atom is 0.247 e. The molecule has 7 heteroatoms. The second kappa shape index (κ2) is 6.78. The number of benzene rings is 2. The van der Waals surface area contributed by atoms with Crippen molar-refractivity contribution < 1.29 is 8.78 Å². The number of aryl methyl sites for hydroxylation is 1. The Balaban J connectivity index is 1.62. The molecule has 0 saturated heterocycles. The van der Waals surface area contributed by atoms with Crippen LogP contribution in [-0.2, 0) is 5.75 Å². The minimum atomic E-state index is -0.845. The Hall–Kier alpha value is -2.41. The average molecular weight is 332 g/mol. The van der Waals surface area contributed by atoms with Crippen molar-refractivity contribution in [2.45, 2.75) is 17.8 Å². The number of halogens is 2. The summed E-state index contributed by atoms with van der Waals surface area (Å²) in [7, 11) is 0. The van der Waals surface area contributed by atoms with Gasteiger partial charge in [0.1, 0.15) is 0 Å². The van der Waals surface area contributed by atoms with E-state index in [2.05, 4.69) is 20.5 Å². The van der Waals surface area contributed by atoms with Crippen LogP contribution in [0.3, 0.4) is 0 Å². The second-order valence-electron chi connectivity index (χ2n) is 5.00. The summed E-state index contributed by atoms with van der Waals surface area (Å²) in [5, 5.41) is 10.6. The molecule has 2 aromatic carbocycles. The van der Waals surface area contributed by atoms with E-state index in [1.54, 1.807) is 6.07 Å². The maximum atomic E-state index is 13.2. The van der Waals surface area contributed by atoms with Gasteiger partial charge in [-0.2, -0.15) is 4.98 Å². The number of nitrogens with one attached hydrogen (secondary N) is 2. The summed E-state index contributed by atoms with van der Waals surface area (Å²) in [6.45, 7) is 2.01. The summed E-state index contributed by atoms with van der Waals surface area (Å²) in [6, 6.07) is 11.7. The van der Waals surface area contributed by atoms with Crippen LogP contribution < -0.4 is 5.32 Å². The Bertz CT molecular complexity index is 819. The third-order valence-electron chi connectivity index (χ3n) is 3.10. The Kier molecular flexibility index (Phi) is 4.57. The minimum absolute atomic E-state index is 0.461. The highest BCUT2D eigenvalue weighted by atomic mass is 32.2. The van der Waals surface area contributed by atoms with Gasteiger partial charge in [0.2, 0.25) is 5.95 Å². The van der Waals surface area contributed by atoms with E-state index < -0.39 is 11.6 Å². The molecule has 4 nitrogen and oxygen atoms in total. The van der Waals surface area contributed by atoms with Gasteiger partial charge in [-0.3, -0.25) is 5.10 Å². The monoisotopic (exact) mass is 332 g/mol. The van der Waals surface area contributed by atoms with E-state index in [4.69, 9.17) is 0 Å². The van der Waals surface area contributed by atoms with Gasteiger partial charge in [0.25, 0.3) is 0 Å². The first kappa shape index (κ1) is 15.5. The molecular formula is C16H14F2N4S. The molecular weight excluding hydrogens is 318 g/mol. The molecule has 23 heavy (non-hydrogen) atoms. The lowest BCUT2D eigenvalue weighted by Crippen LogP contribution is -1.92. The molecule has 0 unspecified atom stereocenters. The van der Waals surface area contributed by atoms with Gasteiger partial charge in [-0.25, -0.2) is 8.78 Å². The van der Waals surface area contributed by atoms with E-state index in [1.165, 1.54) is 17.8 Å². The molecule has 0 bridgehead atoms.